The molecule has 0 aliphatic heterocycles. The second-order valence-electron chi connectivity index (χ2n) is 8.18. The van der Waals surface area contributed by atoms with E-state index in [0.717, 1.165) is 26.7 Å². The molecular weight excluding hydrogens is 456 g/mol. The maximum atomic E-state index is 13.5. The third-order valence-corrected chi connectivity index (χ3v) is 7.03. The summed E-state index contributed by atoms with van der Waals surface area (Å²) in [6.07, 6.45) is 0. The number of ether oxygens (including phenoxy) is 1. The van der Waals surface area contributed by atoms with Crippen LogP contribution in [0, 0.1) is 0 Å². The molecular formula is C29H24N2O3S. The highest BCUT2D eigenvalue weighted by Crippen LogP contribution is 2.32. The summed E-state index contributed by atoms with van der Waals surface area (Å²) in [5.74, 6) is 0.541. The predicted octanol–water partition coefficient (Wildman–Crippen LogP) is 6.88. The molecule has 0 saturated carbocycles. The number of nitrogens with zero attached hydrogens (tertiary/aromatic N) is 1. The highest BCUT2D eigenvalue weighted by atomic mass is 32.2. The summed E-state index contributed by atoms with van der Waals surface area (Å²) in [7, 11) is 1.59. The standard InChI is InChI=1S/C29H24N2O3S/c1-19(29(33)31-26-9-5-3-7-24(26)25-8-4-6-10-27(25)31)35-23-17-13-21(14-18-23)30-28(32)20-11-15-22(34-2)16-12-20/h3-19H,1-2H3,(H,30,32). The van der Waals surface area contributed by atoms with Gasteiger partial charge >= 0.3 is 0 Å². The Morgan fingerprint density at radius 3 is 1.94 bits per heavy atom. The molecule has 0 radical (unpaired) electrons. The zero-order valence-electron chi connectivity index (χ0n) is 19.4. The number of nitrogens with one attached hydrogen (secondary N) is 1. The molecule has 1 N–H and O–H groups in total. The van der Waals surface area contributed by atoms with Gasteiger partial charge in [0, 0.05) is 26.9 Å². The highest BCUT2D eigenvalue weighted by molar-refractivity contribution is 8.00. The average molecular weight is 481 g/mol. The van der Waals surface area contributed by atoms with Gasteiger partial charge < -0.3 is 10.1 Å². The van der Waals surface area contributed by atoms with Gasteiger partial charge in [-0.25, -0.2) is 0 Å². The van der Waals surface area contributed by atoms with Crippen molar-refractivity contribution in [3.8, 4) is 5.75 Å². The lowest BCUT2D eigenvalue weighted by Gasteiger charge is -2.14. The molecule has 1 amide bonds. The fourth-order valence-corrected chi connectivity index (χ4v) is 5.07. The van der Waals surface area contributed by atoms with Gasteiger partial charge in [0.1, 0.15) is 5.75 Å². The molecule has 0 spiro atoms. The minimum Gasteiger partial charge on any atom is -0.497 e. The van der Waals surface area contributed by atoms with Crippen molar-refractivity contribution >= 4 is 51.1 Å². The lowest BCUT2D eigenvalue weighted by molar-refractivity contribution is 0.0924. The van der Waals surface area contributed by atoms with Gasteiger partial charge in [-0.3, -0.25) is 14.2 Å². The Hall–Kier alpha value is -4.03. The summed E-state index contributed by atoms with van der Waals surface area (Å²) in [6.45, 7) is 1.93. The molecule has 0 fully saturated rings. The lowest BCUT2D eigenvalue weighted by atomic mass is 10.2. The molecule has 0 saturated heterocycles. The minimum atomic E-state index is -0.297. The van der Waals surface area contributed by atoms with E-state index in [9.17, 15) is 9.59 Å². The van der Waals surface area contributed by atoms with Gasteiger partial charge in [0.25, 0.3) is 5.91 Å². The molecule has 35 heavy (non-hydrogen) atoms. The molecule has 5 aromatic rings. The van der Waals surface area contributed by atoms with Crippen LogP contribution in [0.3, 0.4) is 0 Å². The Kier molecular flexibility index (Phi) is 6.29. The van der Waals surface area contributed by atoms with Crippen molar-refractivity contribution in [2.24, 2.45) is 0 Å². The monoisotopic (exact) mass is 480 g/mol. The smallest absolute Gasteiger partial charge is 0.255 e. The Morgan fingerprint density at radius 1 is 0.800 bits per heavy atom. The average Bonchev–Trinajstić information content (AvgIpc) is 3.24. The number of carbonyl (C=O) groups excluding carboxylic acids is 2. The van der Waals surface area contributed by atoms with Gasteiger partial charge in [-0.1, -0.05) is 36.4 Å². The SMILES string of the molecule is COc1ccc(C(=O)Nc2ccc(SC(C)C(=O)n3c4ccccc4c4ccccc43)cc2)cc1. The maximum absolute atomic E-state index is 13.5. The van der Waals surface area contributed by atoms with Crippen LogP contribution in [0.5, 0.6) is 5.75 Å². The van der Waals surface area contributed by atoms with E-state index in [4.69, 9.17) is 4.74 Å². The number of fused-ring (bicyclic) bond motifs is 3. The zero-order chi connectivity index (χ0) is 24.4. The van der Waals surface area contributed by atoms with Crippen molar-refractivity contribution in [2.45, 2.75) is 17.1 Å². The van der Waals surface area contributed by atoms with Crippen LogP contribution in [0.4, 0.5) is 5.69 Å². The van der Waals surface area contributed by atoms with Crippen LogP contribution < -0.4 is 10.1 Å². The van der Waals surface area contributed by atoms with E-state index < -0.39 is 0 Å². The molecule has 5 nitrogen and oxygen atoms in total. The molecule has 1 aromatic heterocycles. The second kappa shape index (κ2) is 9.68. The van der Waals surface area contributed by atoms with Crippen LogP contribution in [0.1, 0.15) is 22.1 Å². The van der Waals surface area contributed by atoms with Crippen LogP contribution >= 0.6 is 11.8 Å². The first-order valence-corrected chi connectivity index (χ1v) is 12.2. The number of benzene rings is 4. The minimum absolute atomic E-state index is 0.0317. The number of carbonyl (C=O) groups is 2. The van der Waals surface area contributed by atoms with Crippen LogP contribution in [0.2, 0.25) is 0 Å². The molecule has 0 bridgehead atoms. The first-order valence-electron chi connectivity index (χ1n) is 11.3. The van der Waals surface area contributed by atoms with Gasteiger partial charge in [-0.2, -0.15) is 0 Å². The van der Waals surface area contributed by atoms with E-state index in [-0.39, 0.29) is 17.1 Å². The van der Waals surface area contributed by atoms with Gasteiger partial charge in [-0.05, 0) is 67.6 Å². The number of hydrogen-bond donors (Lipinski definition) is 1. The molecule has 5 rings (SSSR count). The molecule has 4 aromatic carbocycles. The van der Waals surface area contributed by atoms with Crippen molar-refractivity contribution in [1.29, 1.82) is 0 Å². The van der Waals surface area contributed by atoms with E-state index in [1.165, 1.54) is 11.8 Å². The van der Waals surface area contributed by atoms with Crippen LogP contribution in [-0.2, 0) is 0 Å². The number of para-hydroxylation sites is 2. The molecule has 1 heterocycles. The number of thioether (sulfide) groups is 1. The first-order chi connectivity index (χ1) is 17.0. The number of rotatable bonds is 6. The molecule has 0 aliphatic carbocycles. The molecule has 1 unspecified atom stereocenters. The summed E-state index contributed by atoms with van der Waals surface area (Å²) in [5, 5.41) is 4.75. The summed E-state index contributed by atoms with van der Waals surface area (Å²) >= 11 is 1.50. The number of aromatic nitrogens is 1. The van der Waals surface area contributed by atoms with E-state index in [1.54, 1.807) is 31.4 Å². The first kappa shape index (κ1) is 22.7. The maximum Gasteiger partial charge on any atom is 0.255 e. The second-order valence-corrected chi connectivity index (χ2v) is 9.59. The van der Waals surface area contributed by atoms with Gasteiger partial charge in [0.15, 0.2) is 0 Å². The highest BCUT2D eigenvalue weighted by Gasteiger charge is 2.21. The fourth-order valence-electron chi connectivity index (χ4n) is 4.16. The normalized spacial score (nSPS) is 11.9. The number of methoxy groups -OCH3 is 1. The number of hydrogen-bond acceptors (Lipinski definition) is 4. The summed E-state index contributed by atoms with van der Waals surface area (Å²) < 4.78 is 6.96. The Labute approximate surface area is 207 Å². The van der Waals surface area contributed by atoms with Crippen LogP contribution in [0.25, 0.3) is 21.8 Å². The van der Waals surface area contributed by atoms with Crippen molar-refractivity contribution in [1.82, 2.24) is 4.57 Å². The summed E-state index contributed by atoms with van der Waals surface area (Å²) in [6, 6.07) is 30.5. The van der Waals surface area contributed by atoms with Crippen LogP contribution in [0.15, 0.2) is 102 Å². The third kappa shape index (κ3) is 4.53. The van der Waals surface area contributed by atoms with E-state index >= 15 is 0 Å². The molecule has 0 aliphatic rings. The predicted molar refractivity (Wildman–Crippen MR) is 143 cm³/mol. The van der Waals surface area contributed by atoms with Crippen molar-refractivity contribution < 1.29 is 14.3 Å². The van der Waals surface area contributed by atoms with Gasteiger partial charge in [0.05, 0.1) is 23.4 Å². The quantitative estimate of drug-likeness (QED) is 0.269. The van der Waals surface area contributed by atoms with Crippen molar-refractivity contribution in [3.63, 3.8) is 0 Å². The van der Waals surface area contributed by atoms with Crippen molar-refractivity contribution in [2.75, 3.05) is 12.4 Å². The Balaban J connectivity index is 1.31. The van der Waals surface area contributed by atoms with Gasteiger partial charge in [-0.15, -0.1) is 11.8 Å². The number of anilines is 1. The molecule has 174 valence electrons. The largest absolute Gasteiger partial charge is 0.497 e. The fraction of sp³-hybridized carbons (Fsp3) is 0.103. The topological polar surface area (TPSA) is 60.3 Å². The molecule has 1 atom stereocenters. The molecule has 6 heteroatoms. The lowest BCUT2D eigenvalue weighted by Crippen LogP contribution is -2.21. The van der Waals surface area contributed by atoms with E-state index in [2.05, 4.69) is 17.4 Å². The van der Waals surface area contributed by atoms with Gasteiger partial charge in [0.2, 0.25) is 5.91 Å². The van der Waals surface area contributed by atoms with E-state index in [1.807, 2.05) is 72.2 Å². The number of amides is 1. The Morgan fingerprint density at radius 2 is 1.37 bits per heavy atom. The zero-order valence-corrected chi connectivity index (χ0v) is 20.2. The summed E-state index contributed by atoms with van der Waals surface area (Å²) in [5.41, 5.74) is 3.08. The van der Waals surface area contributed by atoms with Crippen LogP contribution in [-0.4, -0.2) is 28.7 Å². The van der Waals surface area contributed by atoms with E-state index in [0.29, 0.717) is 17.0 Å². The van der Waals surface area contributed by atoms with Crippen molar-refractivity contribution in [3.05, 3.63) is 103 Å². The third-order valence-electron chi connectivity index (χ3n) is 5.93. The summed E-state index contributed by atoms with van der Waals surface area (Å²) in [4.78, 5) is 27.0. The Bertz CT molecular complexity index is 1470.